The molecule has 3 rings (SSSR count). The van der Waals surface area contributed by atoms with E-state index in [0.29, 0.717) is 5.69 Å². The van der Waals surface area contributed by atoms with Crippen molar-refractivity contribution >= 4 is 29.7 Å². The van der Waals surface area contributed by atoms with Gasteiger partial charge in [-0.3, -0.25) is 9.78 Å². The number of hydrogen-bond donors (Lipinski definition) is 1. The van der Waals surface area contributed by atoms with Gasteiger partial charge in [0.15, 0.2) is 0 Å². The normalized spacial score (nSPS) is 21.1. The first-order valence-electron chi connectivity index (χ1n) is 8.51. The highest BCUT2D eigenvalue weighted by Crippen LogP contribution is 2.33. The fourth-order valence-corrected chi connectivity index (χ4v) is 3.13. The molecule has 6 nitrogen and oxygen atoms in total. The van der Waals surface area contributed by atoms with E-state index < -0.39 is 30.3 Å². The van der Waals surface area contributed by atoms with E-state index >= 15 is 0 Å². The van der Waals surface area contributed by atoms with Crippen LogP contribution in [0.4, 0.5) is 4.79 Å². The van der Waals surface area contributed by atoms with E-state index in [1.807, 2.05) is 30.3 Å². The maximum absolute atomic E-state index is 12.6. The van der Waals surface area contributed by atoms with Crippen molar-refractivity contribution in [2.24, 2.45) is 0 Å². The number of carbonyl (C=O) groups excluding carboxylic acids is 2. The Morgan fingerprint density at radius 2 is 2.00 bits per heavy atom. The first-order valence-corrected chi connectivity index (χ1v) is 8.89. The number of aliphatic hydroxyl groups excluding tert-OH is 1. The Labute approximate surface area is 162 Å². The summed E-state index contributed by atoms with van der Waals surface area (Å²) < 4.78 is 5.36. The number of rotatable bonds is 5. The summed E-state index contributed by atoms with van der Waals surface area (Å²) in [6, 6.07) is 14.0. The fraction of sp³-hybridized carbons (Fsp3) is 0.250. The van der Waals surface area contributed by atoms with Crippen molar-refractivity contribution in [2.45, 2.75) is 31.6 Å². The van der Waals surface area contributed by atoms with Gasteiger partial charge in [-0.2, -0.15) is 0 Å². The topological polar surface area (TPSA) is 79.7 Å². The molecular formula is C20H19ClN2O4. The van der Waals surface area contributed by atoms with Crippen LogP contribution in [0, 0.1) is 0 Å². The third-order valence-electron chi connectivity index (χ3n) is 4.33. The van der Waals surface area contributed by atoms with Gasteiger partial charge in [0.1, 0.15) is 6.10 Å². The number of imide groups is 1. The molecule has 7 heteroatoms. The lowest BCUT2D eigenvalue weighted by atomic mass is 10.0. The Balaban J connectivity index is 1.68. The number of halogens is 1. The number of cyclic esters (lactones) is 1. The molecule has 0 radical (unpaired) electrons. The molecule has 2 heterocycles. The zero-order valence-corrected chi connectivity index (χ0v) is 15.4. The Bertz CT molecular complexity index is 842. The summed E-state index contributed by atoms with van der Waals surface area (Å²) in [6.07, 6.45) is 0.245. The number of ether oxygens (including phenoxy) is 1. The van der Waals surface area contributed by atoms with Gasteiger partial charge in [-0.05, 0) is 30.7 Å². The molecule has 3 atom stereocenters. The molecule has 1 aromatic carbocycles. The van der Waals surface area contributed by atoms with E-state index in [1.165, 1.54) is 6.08 Å². The van der Waals surface area contributed by atoms with Crippen molar-refractivity contribution in [3.63, 3.8) is 0 Å². The molecule has 1 N–H and O–H groups in total. The number of hydrogen-bond acceptors (Lipinski definition) is 5. The average molecular weight is 387 g/mol. The van der Waals surface area contributed by atoms with Gasteiger partial charge in [0, 0.05) is 11.2 Å². The molecule has 1 aliphatic rings. The van der Waals surface area contributed by atoms with Gasteiger partial charge in [-0.25, -0.2) is 9.69 Å². The SMILES string of the molecule is C[C@H]1[C@@H](c2ccccc2)OC(=O)N1C(=O)C[C@H](O)C(Cl)=Cc1ccccn1. The number of pyridine rings is 1. The highest BCUT2D eigenvalue weighted by Gasteiger charge is 2.43. The highest BCUT2D eigenvalue weighted by atomic mass is 35.5. The second-order valence-corrected chi connectivity index (χ2v) is 6.66. The van der Waals surface area contributed by atoms with E-state index in [2.05, 4.69) is 4.98 Å². The number of aliphatic hydroxyl groups is 1. The predicted octanol–water partition coefficient (Wildman–Crippen LogP) is 3.52. The number of carbonyl (C=O) groups is 2. The summed E-state index contributed by atoms with van der Waals surface area (Å²) in [4.78, 5) is 29.9. The second-order valence-electron chi connectivity index (χ2n) is 6.22. The van der Waals surface area contributed by atoms with E-state index in [-0.39, 0.29) is 11.5 Å². The molecule has 0 bridgehead atoms. The van der Waals surface area contributed by atoms with E-state index in [4.69, 9.17) is 16.3 Å². The Kier molecular flexibility index (Phi) is 5.88. The van der Waals surface area contributed by atoms with E-state index in [9.17, 15) is 14.7 Å². The number of aromatic nitrogens is 1. The number of benzene rings is 1. The van der Waals surface area contributed by atoms with Crippen molar-refractivity contribution in [3.8, 4) is 0 Å². The lowest BCUT2D eigenvalue weighted by Gasteiger charge is -2.20. The summed E-state index contributed by atoms with van der Waals surface area (Å²) in [5.74, 6) is -0.550. The molecule has 140 valence electrons. The molecule has 1 aromatic heterocycles. The summed E-state index contributed by atoms with van der Waals surface area (Å²) >= 11 is 6.10. The standard InChI is InChI=1S/C20H19ClN2O4/c1-13-19(14-7-3-2-4-8-14)27-20(26)23(13)18(25)12-17(24)16(21)11-15-9-5-6-10-22-15/h2-11,13,17,19,24H,12H2,1H3/t13-,17-,19-/m0/s1. The molecule has 2 aromatic rings. The summed E-state index contributed by atoms with van der Waals surface area (Å²) in [5.41, 5.74) is 1.37. The van der Waals surface area contributed by atoms with E-state index in [1.54, 1.807) is 31.3 Å². The van der Waals surface area contributed by atoms with Gasteiger partial charge in [-0.1, -0.05) is 48.0 Å². The van der Waals surface area contributed by atoms with Crippen LogP contribution in [0.1, 0.15) is 30.7 Å². The first-order chi connectivity index (χ1) is 13.0. The molecule has 0 unspecified atom stereocenters. The minimum atomic E-state index is -1.24. The van der Waals surface area contributed by atoms with Crippen LogP contribution in [-0.2, 0) is 9.53 Å². The Morgan fingerprint density at radius 1 is 1.30 bits per heavy atom. The lowest BCUT2D eigenvalue weighted by molar-refractivity contribution is -0.130. The maximum Gasteiger partial charge on any atom is 0.417 e. The summed E-state index contributed by atoms with van der Waals surface area (Å²) in [7, 11) is 0. The van der Waals surface area contributed by atoms with Crippen molar-refractivity contribution in [1.29, 1.82) is 0 Å². The smallest absolute Gasteiger partial charge is 0.417 e. The maximum atomic E-state index is 12.6. The molecule has 1 saturated heterocycles. The molecule has 1 aliphatic heterocycles. The van der Waals surface area contributed by atoms with Gasteiger partial charge in [-0.15, -0.1) is 0 Å². The fourth-order valence-electron chi connectivity index (χ4n) is 2.94. The van der Waals surface area contributed by atoms with Crippen molar-refractivity contribution in [1.82, 2.24) is 9.88 Å². The van der Waals surface area contributed by atoms with Crippen LogP contribution in [0.2, 0.25) is 0 Å². The van der Waals surface area contributed by atoms with Crippen molar-refractivity contribution < 1.29 is 19.4 Å². The van der Waals surface area contributed by atoms with Crippen LogP contribution in [-0.4, -0.2) is 39.1 Å². The first kappa shape index (κ1) is 19.1. The van der Waals surface area contributed by atoms with Gasteiger partial charge < -0.3 is 9.84 Å². The lowest BCUT2D eigenvalue weighted by Crippen LogP contribution is -2.39. The van der Waals surface area contributed by atoms with Crippen LogP contribution in [0.5, 0.6) is 0 Å². The van der Waals surface area contributed by atoms with Crippen LogP contribution in [0.25, 0.3) is 6.08 Å². The van der Waals surface area contributed by atoms with Gasteiger partial charge >= 0.3 is 6.09 Å². The zero-order chi connectivity index (χ0) is 19.4. The molecule has 1 fully saturated rings. The second kappa shape index (κ2) is 8.33. The molecule has 0 aliphatic carbocycles. The van der Waals surface area contributed by atoms with E-state index in [0.717, 1.165) is 10.5 Å². The minimum absolute atomic E-state index is 0.0712. The van der Waals surface area contributed by atoms with Crippen LogP contribution < -0.4 is 0 Å². The Hall–Kier alpha value is -2.70. The van der Waals surface area contributed by atoms with Crippen molar-refractivity contribution in [3.05, 3.63) is 71.0 Å². The molecule has 2 amide bonds. The van der Waals surface area contributed by atoms with Gasteiger partial charge in [0.2, 0.25) is 5.91 Å². The van der Waals surface area contributed by atoms with Crippen molar-refractivity contribution in [2.75, 3.05) is 0 Å². The molecule has 0 saturated carbocycles. The molecule has 27 heavy (non-hydrogen) atoms. The molecular weight excluding hydrogens is 368 g/mol. The third-order valence-corrected chi connectivity index (χ3v) is 4.69. The average Bonchev–Trinajstić information content (AvgIpc) is 2.97. The quantitative estimate of drug-likeness (QED) is 0.850. The predicted molar refractivity (Wildman–Crippen MR) is 101 cm³/mol. The largest absolute Gasteiger partial charge is 0.439 e. The van der Waals surface area contributed by atoms with Gasteiger partial charge in [0.25, 0.3) is 0 Å². The van der Waals surface area contributed by atoms with Crippen LogP contribution in [0.15, 0.2) is 59.8 Å². The monoisotopic (exact) mass is 386 g/mol. The zero-order valence-electron chi connectivity index (χ0n) is 14.7. The number of nitrogens with zero attached hydrogens (tertiary/aromatic N) is 2. The Morgan fingerprint density at radius 3 is 2.67 bits per heavy atom. The van der Waals surface area contributed by atoms with Crippen LogP contribution >= 0.6 is 11.6 Å². The third kappa shape index (κ3) is 4.35. The minimum Gasteiger partial charge on any atom is -0.439 e. The van der Waals surface area contributed by atoms with Crippen LogP contribution in [0.3, 0.4) is 0 Å². The summed E-state index contributed by atoms with van der Waals surface area (Å²) in [5, 5.41) is 10.3. The van der Waals surface area contributed by atoms with Gasteiger partial charge in [0.05, 0.1) is 24.3 Å². The molecule has 0 spiro atoms. The number of amides is 2. The summed E-state index contributed by atoms with van der Waals surface area (Å²) in [6.45, 7) is 1.73. The highest BCUT2D eigenvalue weighted by molar-refractivity contribution is 6.32.